The molecule has 0 spiro atoms. The predicted octanol–water partition coefficient (Wildman–Crippen LogP) is 2.59. The topological polar surface area (TPSA) is 63.9 Å². The molecule has 0 aliphatic heterocycles. The van der Waals surface area contributed by atoms with Crippen LogP contribution >= 0.6 is 0 Å². The smallest absolute Gasteiger partial charge is 0.148 e. The van der Waals surface area contributed by atoms with Crippen LogP contribution in [0.5, 0.6) is 5.75 Å². The quantitative estimate of drug-likeness (QED) is 0.835. The summed E-state index contributed by atoms with van der Waals surface area (Å²) in [5, 5.41) is 6.98. The molecule has 0 aliphatic rings. The van der Waals surface area contributed by atoms with E-state index in [1.165, 1.54) is 0 Å². The first kappa shape index (κ1) is 11.5. The van der Waals surface area contributed by atoms with E-state index in [9.17, 15) is 0 Å². The highest BCUT2D eigenvalue weighted by molar-refractivity contribution is 5.70. The number of aromatic amines is 1. The van der Waals surface area contributed by atoms with E-state index in [4.69, 9.17) is 10.5 Å². The molecule has 0 bridgehead atoms. The minimum atomic E-state index is 0.547. The highest BCUT2D eigenvalue weighted by Gasteiger charge is 2.11. The maximum absolute atomic E-state index is 5.74. The average molecular weight is 231 g/mol. The second kappa shape index (κ2) is 4.13. The van der Waals surface area contributed by atoms with Gasteiger partial charge in [0.1, 0.15) is 11.6 Å². The van der Waals surface area contributed by atoms with E-state index in [1.807, 2.05) is 20.8 Å². The Balaban J connectivity index is 2.58. The van der Waals surface area contributed by atoms with Gasteiger partial charge in [0.05, 0.1) is 12.8 Å². The molecule has 3 N–H and O–H groups in total. The largest absolute Gasteiger partial charge is 0.496 e. The molecule has 0 radical (unpaired) electrons. The van der Waals surface area contributed by atoms with Crippen LogP contribution < -0.4 is 10.5 Å². The minimum absolute atomic E-state index is 0.547. The van der Waals surface area contributed by atoms with Gasteiger partial charge in [-0.25, -0.2) is 0 Å². The molecule has 0 saturated heterocycles. The lowest BCUT2D eigenvalue weighted by Crippen LogP contribution is -1.93. The summed E-state index contributed by atoms with van der Waals surface area (Å²) in [6.45, 7) is 6.03. The number of nitrogens with one attached hydrogen (secondary N) is 1. The minimum Gasteiger partial charge on any atom is -0.496 e. The first-order valence-corrected chi connectivity index (χ1v) is 5.50. The summed E-state index contributed by atoms with van der Waals surface area (Å²) in [7, 11) is 1.69. The van der Waals surface area contributed by atoms with E-state index >= 15 is 0 Å². The van der Waals surface area contributed by atoms with Crippen molar-refractivity contribution in [1.29, 1.82) is 0 Å². The molecule has 90 valence electrons. The van der Waals surface area contributed by atoms with Crippen molar-refractivity contribution in [1.82, 2.24) is 10.2 Å². The summed E-state index contributed by atoms with van der Waals surface area (Å²) in [6, 6.07) is 4.15. The van der Waals surface area contributed by atoms with Gasteiger partial charge in [0.2, 0.25) is 0 Å². The van der Waals surface area contributed by atoms with Gasteiger partial charge in [0, 0.05) is 11.1 Å². The monoisotopic (exact) mass is 231 g/mol. The Kier molecular flexibility index (Phi) is 2.79. The Bertz CT molecular complexity index is 535. The van der Waals surface area contributed by atoms with Crippen LogP contribution in [0.1, 0.15) is 16.7 Å². The van der Waals surface area contributed by atoms with Gasteiger partial charge in [0.25, 0.3) is 0 Å². The number of nitrogens with two attached hydrogens (primary N) is 1. The molecule has 1 aromatic heterocycles. The third kappa shape index (κ3) is 1.86. The van der Waals surface area contributed by atoms with Crippen molar-refractivity contribution in [3.63, 3.8) is 0 Å². The van der Waals surface area contributed by atoms with Crippen molar-refractivity contribution < 1.29 is 4.74 Å². The Labute approximate surface area is 101 Å². The fourth-order valence-corrected chi connectivity index (χ4v) is 2.11. The standard InChI is InChI=1S/C13H17N3O/c1-7-5-10(6-8(2)12(7)17-4)11-9(3)13(14)16-15-11/h5-6H,1-4H3,(H3,14,15,16). The Hall–Kier alpha value is -1.97. The lowest BCUT2D eigenvalue weighted by molar-refractivity contribution is 0.408. The van der Waals surface area contributed by atoms with Gasteiger partial charge >= 0.3 is 0 Å². The number of aryl methyl sites for hydroxylation is 2. The number of rotatable bonds is 2. The van der Waals surface area contributed by atoms with Gasteiger partial charge < -0.3 is 10.5 Å². The van der Waals surface area contributed by atoms with Crippen LogP contribution in [-0.4, -0.2) is 17.3 Å². The van der Waals surface area contributed by atoms with Crippen molar-refractivity contribution in [2.24, 2.45) is 0 Å². The van der Waals surface area contributed by atoms with E-state index in [0.29, 0.717) is 5.82 Å². The summed E-state index contributed by atoms with van der Waals surface area (Å²) in [4.78, 5) is 0. The highest BCUT2D eigenvalue weighted by Crippen LogP contribution is 2.31. The molecule has 0 unspecified atom stereocenters. The first-order chi connectivity index (χ1) is 8.04. The van der Waals surface area contributed by atoms with E-state index < -0.39 is 0 Å². The normalized spacial score (nSPS) is 10.6. The molecule has 0 saturated carbocycles. The van der Waals surface area contributed by atoms with Gasteiger partial charge in [-0.2, -0.15) is 5.10 Å². The summed E-state index contributed by atoms with van der Waals surface area (Å²) in [5.41, 5.74) is 11.0. The molecule has 1 aromatic carbocycles. The van der Waals surface area contributed by atoms with Crippen LogP contribution in [0.25, 0.3) is 11.3 Å². The van der Waals surface area contributed by atoms with Crippen LogP contribution in [-0.2, 0) is 0 Å². The number of methoxy groups -OCH3 is 1. The molecular weight excluding hydrogens is 214 g/mol. The van der Waals surface area contributed by atoms with E-state index in [0.717, 1.165) is 33.7 Å². The fourth-order valence-electron chi connectivity index (χ4n) is 2.11. The van der Waals surface area contributed by atoms with Gasteiger partial charge in [-0.05, 0) is 44.0 Å². The van der Waals surface area contributed by atoms with E-state index in [-0.39, 0.29) is 0 Å². The summed E-state index contributed by atoms with van der Waals surface area (Å²) in [6.07, 6.45) is 0. The van der Waals surface area contributed by atoms with E-state index in [1.54, 1.807) is 7.11 Å². The molecule has 17 heavy (non-hydrogen) atoms. The molecule has 2 rings (SSSR count). The number of nitrogen functional groups attached to an aromatic ring is 1. The number of aromatic nitrogens is 2. The Morgan fingerprint density at radius 2 is 1.76 bits per heavy atom. The van der Waals surface area contributed by atoms with Crippen LogP contribution in [0.2, 0.25) is 0 Å². The molecule has 0 amide bonds. The lowest BCUT2D eigenvalue weighted by atomic mass is 10.0. The van der Waals surface area contributed by atoms with Crippen LogP contribution in [0.4, 0.5) is 5.82 Å². The maximum atomic E-state index is 5.74. The number of hydrogen-bond donors (Lipinski definition) is 2. The van der Waals surface area contributed by atoms with Crippen LogP contribution in [0, 0.1) is 20.8 Å². The number of ether oxygens (including phenoxy) is 1. The molecule has 4 nitrogen and oxygen atoms in total. The van der Waals surface area contributed by atoms with Gasteiger partial charge in [-0.1, -0.05) is 0 Å². The van der Waals surface area contributed by atoms with Crippen molar-refractivity contribution >= 4 is 5.82 Å². The third-order valence-electron chi connectivity index (χ3n) is 3.00. The van der Waals surface area contributed by atoms with Crippen molar-refractivity contribution in [3.05, 3.63) is 28.8 Å². The SMILES string of the molecule is COc1c(C)cc(-c2[nH]nc(N)c2C)cc1C. The first-order valence-electron chi connectivity index (χ1n) is 5.50. The molecular formula is C13H17N3O. The highest BCUT2D eigenvalue weighted by atomic mass is 16.5. The van der Waals surface area contributed by atoms with Crippen LogP contribution in [0.15, 0.2) is 12.1 Å². The van der Waals surface area contributed by atoms with Crippen LogP contribution in [0.3, 0.4) is 0 Å². The fraction of sp³-hybridized carbons (Fsp3) is 0.308. The lowest BCUT2D eigenvalue weighted by Gasteiger charge is -2.10. The second-order valence-electron chi connectivity index (χ2n) is 4.25. The average Bonchev–Trinajstić information content (AvgIpc) is 2.59. The summed E-state index contributed by atoms with van der Waals surface area (Å²) >= 11 is 0. The number of nitrogens with zero attached hydrogens (tertiary/aromatic N) is 1. The summed E-state index contributed by atoms with van der Waals surface area (Å²) < 4.78 is 5.35. The molecule has 1 heterocycles. The number of H-pyrrole nitrogens is 1. The van der Waals surface area contributed by atoms with Crippen molar-refractivity contribution in [3.8, 4) is 17.0 Å². The van der Waals surface area contributed by atoms with Gasteiger partial charge in [-0.15, -0.1) is 0 Å². The number of hydrogen-bond acceptors (Lipinski definition) is 3. The van der Waals surface area contributed by atoms with Gasteiger partial charge in [0.15, 0.2) is 0 Å². The molecule has 0 fully saturated rings. The Morgan fingerprint density at radius 1 is 1.18 bits per heavy atom. The summed E-state index contributed by atoms with van der Waals surface area (Å²) in [5.74, 6) is 1.48. The molecule has 2 aromatic rings. The molecule has 0 aliphatic carbocycles. The predicted molar refractivity (Wildman–Crippen MR) is 69.2 cm³/mol. The van der Waals surface area contributed by atoms with Crippen molar-refractivity contribution in [2.45, 2.75) is 20.8 Å². The van der Waals surface area contributed by atoms with Gasteiger partial charge in [-0.3, -0.25) is 5.10 Å². The van der Waals surface area contributed by atoms with E-state index in [2.05, 4.69) is 22.3 Å². The van der Waals surface area contributed by atoms with Crippen molar-refractivity contribution in [2.75, 3.05) is 12.8 Å². The zero-order valence-electron chi connectivity index (χ0n) is 10.6. The number of benzene rings is 1. The molecule has 0 atom stereocenters. The number of anilines is 1. The zero-order chi connectivity index (χ0) is 12.6. The third-order valence-corrected chi connectivity index (χ3v) is 3.00. The Morgan fingerprint density at radius 3 is 2.18 bits per heavy atom. The zero-order valence-corrected chi connectivity index (χ0v) is 10.6. The molecule has 4 heteroatoms. The second-order valence-corrected chi connectivity index (χ2v) is 4.25. The maximum Gasteiger partial charge on any atom is 0.148 e.